The molecule has 0 radical (unpaired) electrons. The lowest BCUT2D eigenvalue weighted by Crippen LogP contribution is -2.37. The van der Waals surface area contributed by atoms with Crippen LogP contribution in [0.25, 0.3) is 22.5 Å². The quantitative estimate of drug-likeness (QED) is 0.0249. The molecule has 0 saturated heterocycles. The molecule has 0 saturated carbocycles. The number of nitrogens with two attached hydrogens (primary N) is 1. The molecule has 2 unspecified atom stereocenters. The summed E-state index contributed by atoms with van der Waals surface area (Å²) in [6.45, 7) is 3.26. The van der Waals surface area contributed by atoms with Gasteiger partial charge in [-0.1, -0.05) is 103 Å². The molecule has 0 spiro atoms. The topological polar surface area (TPSA) is 252 Å². The Morgan fingerprint density at radius 1 is 0.800 bits per heavy atom. The number of nitrogens with one attached hydrogen (secondary N) is 2. The number of aliphatic imine (C=N–C) groups is 2. The minimum atomic E-state index is -4.67. The average Bonchev–Trinajstić information content (AvgIpc) is 4.21. The van der Waals surface area contributed by atoms with E-state index in [1.807, 2.05) is 72.4 Å². The summed E-state index contributed by atoms with van der Waals surface area (Å²) in [4.78, 5) is 30.7. The third kappa shape index (κ3) is 12.4. The minimum absolute atomic E-state index is 0.142. The molecule has 360 valence electrons. The highest BCUT2D eigenvalue weighted by atomic mass is 79.9. The number of fused-ring (bicyclic) bond motifs is 4. The normalized spacial score (nSPS) is 15.9. The van der Waals surface area contributed by atoms with Gasteiger partial charge in [-0.25, -0.2) is 15.8 Å². The summed E-state index contributed by atoms with van der Waals surface area (Å²) in [5.74, 6) is 6.84. The number of rotatable bonds is 7. The average molecular weight is 1170 g/mol. The number of imidazole rings is 2. The number of aryl methyl sites for hydroxylation is 2. The molecule has 1 amide bonds. The second kappa shape index (κ2) is 22.8. The fourth-order valence-corrected chi connectivity index (χ4v) is 10.6. The van der Waals surface area contributed by atoms with Crippen molar-refractivity contribution < 1.29 is 22.3 Å². The van der Waals surface area contributed by atoms with E-state index in [4.69, 9.17) is 56.8 Å². The zero-order valence-corrected chi connectivity index (χ0v) is 43.6. The number of amides is 1. The number of hydrazine groups is 1. The zero-order chi connectivity index (χ0) is 49.5. The summed E-state index contributed by atoms with van der Waals surface area (Å²) in [6, 6.07) is 24.1. The van der Waals surface area contributed by atoms with Crippen LogP contribution in [0.2, 0.25) is 10.0 Å². The number of anilines is 2. The maximum absolute atomic E-state index is 11.8. The Hall–Kier alpha value is -5.32. The van der Waals surface area contributed by atoms with Crippen molar-refractivity contribution in [2.75, 3.05) is 5.32 Å². The number of halogens is 4. The number of thioether (sulfide) groups is 1. The summed E-state index contributed by atoms with van der Waals surface area (Å²) in [7, 11) is -4.67. The number of aromatic nitrogens is 6. The fourth-order valence-electron chi connectivity index (χ4n) is 8.10. The molecule has 4 aromatic carbocycles. The van der Waals surface area contributed by atoms with Crippen molar-refractivity contribution in [3.05, 3.63) is 143 Å². The Balaban J connectivity index is 0.000000147. The van der Waals surface area contributed by atoms with Crippen molar-refractivity contribution in [1.82, 2.24) is 34.7 Å². The van der Waals surface area contributed by atoms with Crippen molar-refractivity contribution in [3.8, 4) is 27.9 Å². The second-order valence-electron chi connectivity index (χ2n) is 15.9. The van der Waals surface area contributed by atoms with E-state index in [0.29, 0.717) is 23.1 Å². The van der Waals surface area contributed by atoms with Gasteiger partial charge in [0.05, 0.1) is 52.0 Å². The molecule has 3 aromatic heterocycles. The molecule has 17 nitrogen and oxygen atoms in total. The molecule has 11 rings (SSSR count). The predicted octanol–water partition coefficient (Wildman–Crippen LogP) is 10.8. The molecule has 70 heavy (non-hydrogen) atoms. The first-order chi connectivity index (χ1) is 33.7. The van der Waals surface area contributed by atoms with Crippen molar-refractivity contribution in [2.45, 2.75) is 68.6 Å². The van der Waals surface area contributed by atoms with Crippen LogP contribution in [0.1, 0.15) is 76.4 Å². The van der Waals surface area contributed by atoms with E-state index in [1.54, 1.807) is 17.6 Å². The van der Waals surface area contributed by atoms with Gasteiger partial charge in [0, 0.05) is 74.0 Å². The third-order valence-electron chi connectivity index (χ3n) is 11.4. The van der Waals surface area contributed by atoms with Gasteiger partial charge < -0.3 is 14.5 Å². The SMILES string of the molecule is Clc1c(Nc2nnc(C3CCCn4cc(-c5ccc(Br)cc5)nc43)s2)ccc2c1C=NC2.N#CSc1ccc2c(c1Cl)C=NC2.NNC(=O)C1CCCn2cc(-c3ccc(Br)cc3)nc21.O=S(=O)(O)O. The summed E-state index contributed by atoms with van der Waals surface area (Å²) >= 11 is 22.2. The lowest BCUT2D eigenvalue weighted by molar-refractivity contribution is -0.123. The Morgan fingerprint density at radius 3 is 1.93 bits per heavy atom. The molecule has 24 heteroatoms. The first-order valence-electron chi connectivity index (χ1n) is 21.3. The number of hydrogen-bond donors (Lipinski definition) is 5. The molecule has 0 aliphatic carbocycles. The molecule has 7 heterocycles. The van der Waals surface area contributed by atoms with Crippen LogP contribution < -0.4 is 16.6 Å². The Bertz CT molecular complexity index is 3260. The van der Waals surface area contributed by atoms with Gasteiger partial charge in [-0.2, -0.15) is 13.7 Å². The number of nitrogens with zero attached hydrogens (tertiary/aromatic N) is 9. The Morgan fingerprint density at radius 2 is 1.34 bits per heavy atom. The van der Waals surface area contributed by atoms with Gasteiger partial charge in [-0.05, 0) is 85.0 Å². The molecule has 0 bridgehead atoms. The summed E-state index contributed by atoms with van der Waals surface area (Å²) < 4.78 is 38.0. The molecule has 2 atom stereocenters. The highest BCUT2D eigenvalue weighted by Crippen LogP contribution is 2.39. The summed E-state index contributed by atoms with van der Waals surface area (Å²) in [5.41, 5.74) is 11.3. The van der Waals surface area contributed by atoms with Crippen LogP contribution in [0.15, 0.2) is 109 Å². The summed E-state index contributed by atoms with van der Waals surface area (Å²) in [6.07, 6.45) is 11.6. The van der Waals surface area contributed by atoms with Crippen LogP contribution in [0.3, 0.4) is 0 Å². The van der Waals surface area contributed by atoms with Crippen molar-refractivity contribution in [3.63, 3.8) is 0 Å². The van der Waals surface area contributed by atoms with Gasteiger partial charge in [0.1, 0.15) is 22.1 Å². The van der Waals surface area contributed by atoms with Crippen molar-refractivity contribution in [1.29, 1.82) is 5.26 Å². The van der Waals surface area contributed by atoms with E-state index in [9.17, 15) is 4.79 Å². The van der Waals surface area contributed by atoms with Crippen molar-refractivity contribution in [2.24, 2.45) is 15.8 Å². The van der Waals surface area contributed by atoms with E-state index < -0.39 is 10.4 Å². The van der Waals surface area contributed by atoms with Gasteiger partial charge in [0.25, 0.3) is 0 Å². The minimum Gasteiger partial charge on any atom is -0.334 e. The van der Waals surface area contributed by atoms with Gasteiger partial charge >= 0.3 is 10.4 Å². The molecule has 4 aliphatic heterocycles. The first-order valence-corrected chi connectivity index (χ1v) is 26.7. The third-order valence-corrected chi connectivity index (χ3v) is 15.0. The van der Waals surface area contributed by atoms with Crippen LogP contribution >= 0.6 is 78.2 Å². The van der Waals surface area contributed by atoms with E-state index in [-0.39, 0.29) is 17.7 Å². The number of carbonyl (C=O) groups is 1. The van der Waals surface area contributed by atoms with Crippen LogP contribution in [0.5, 0.6) is 0 Å². The van der Waals surface area contributed by atoms with Gasteiger partial charge in [-0.15, -0.1) is 10.2 Å². The van der Waals surface area contributed by atoms with Crippen LogP contribution in [0.4, 0.5) is 10.8 Å². The largest absolute Gasteiger partial charge is 0.394 e. The van der Waals surface area contributed by atoms with Crippen molar-refractivity contribution >= 4 is 118 Å². The maximum Gasteiger partial charge on any atom is 0.394 e. The van der Waals surface area contributed by atoms with Crippen LogP contribution in [-0.2, 0) is 41.4 Å². The zero-order valence-electron chi connectivity index (χ0n) is 36.5. The standard InChI is InChI=1S/C23H18BrClN6S.C14H15BrN4O.C9H5ClN2S.H2O4S/c24-15-6-3-13(4-7-15)19-12-31-9-1-2-16(21(31)27-19)22-29-30-23(32-22)28-18-8-5-14-10-26-11-17(14)20(18)25;15-10-5-3-9(4-6-10)12-8-19-7-1-2-11(13(19)17-12)14(20)18-16;10-9-7-4-12-3-6(7)1-2-8(9)13-5-11;1-5(2,3)4/h3-8,11-12,16H,1-2,9-10H2,(H,28,30);3-6,8,11H,1-2,7,16H2,(H,18,20);1-2,4H,3H2;(H2,1,2,3,4). The van der Waals surface area contributed by atoms with Crippen LogP contribution in [0, 0.1) is 10.7 Å². The van der Waals surface area contributed by atoms with Gasteiger partial charge in [0.2, 0.25) is 11.0 Å². The molecule has 0 fully saturated rings. The summed E-state index contributed by atoms with van der Waals surface area (Å²) in [5, 5.41) is 25.8. The van der Waals surface area contributed by atoms with Gasteiger partial charge in [-0.3, -0.25) is 29.3 Å². The van der Waals surface area contributed by atoms with Crippen LogP contribution in [-0.4, -0.2) is 65.2 Å². The Labute approximate surface area is 437 Å². The number of hydrogen-bond acceptors (Lipinski definition) is 14. The first kappa shape index (κ1) is 51.0. The maximum atomic E-state index is 11.8. The van der Waals surface area contributed by atoms with E-state index >= 15 is 0 Å². The van der Waals surface area contributed by atoms with E-state index in [2.05, 4.69) is 101 Å². The predicted molar refractivity (Wildman–Crippen MR) is 280 cm³/mol. The van der Waals surface area contributed by atoms with E-state index in [1.165, 1.54) is 0 Å². The molecular weight excluding hydrogens is 1130 g/mol. The lowest BCUT2D eigenvalue weighted by atomic mass is 9.98. The highest BCUT2D eigenvalue weighted by molar-refractivity contribution is 9.10. The monoisotopic (exact) mass is 1160 g/mol. The number of benzene rings is 4. The number of carbonyl (C=O) groups excluding carboxylic acids is 1. The molecular formula is C46H40Br2Cl2N12O5S3. The van der Waals surface area contributed by atoms with Gasteiger partial charge in [0.15, 0.2) is 0 Å². The number of nitriles is 1. The fraction of sp³-hybridized carbons (Fsp3) is 0.217. The number of thiocyanates is 1. The smallest absolute Gasteiger partial charge is 0.334 e. The Kier molecular flexibility index (Phi) is 16.7. The van der Waals surface area contributed by atoms with E-state index in [0.717, 1.165) is 137 Å². The molecule has 6 N–H and O–H groups in total. The molecule has 7 aromatic rings. The molecule has 4 aliphatic rings. The highest BCUT2D eigenvalue weighted by Gasteiger charge is 2.30. The lowest BCUT2D eigenvalue weighted by Gasteiger charge is -2.21. The second-order valence-corrected chi connectivity index (χ2v) is 21.2.